The molecule has 1 amide bonds. The lowest BCUT2D eigenvalue weighted by Gasteiger charge is -2.29. The van der Waals surface area contributed by atoms with Crippen LogP contribution >= 0.6 is 0 Å². The predicted octanol–water partition coefficient (Wildman–Crippen LogP) is 3.15. The Morgan fingerprint density at radius 2 is 1.96 bits per heavy atom. The number of nitrogens with zero attached hydrogens (tertiary/aromatic N) is 1. The third-order valence-corrected chi connectivity index (χ3v) is 5.15. The van der Waals surface area contributed by atoms with Crippen molar-refractivity contribution < 1.29 is 14.3 Å². The molecule has 5 nitrogen and oxygen atoms in total. The first-order chi connectivity index (χ1) is 12.8. The molecule has 0 bridgehead atoms. The van der Waals surface area contributed by atoms with Crippen LogP contribution in [0.1, 0.15) is 40.4 Å². The number of rotatable bonds is 4. The third-order valence-electron chi connectivity index (χ3n) is 5.15. The van der Waals surface area contributed by atoms with Crippen molar-refractivity contribution in [1.29, 1.82) is 0 Å². The maximum atomic E-state index is 11.7. The Balaban J connectivity index is 1.53. The fourth-order valence-corrected chi connectivity index (χ4v) is 3.87. The molecule has 1 N–H and O–H groups in total. The van der Waals surface area contributed by atoms with Crippen LogP contribution in [0, 0.1) is 0 Å². The highest BCUT2D eigenvalue weighted by molar-refractivity contribution is 5.93. The Morgan fingerprint density at radius 3 is 2.77 bits per heavy atom. The molecular weight excluding hydrogens is 328 g/mol. The second kappa shape index (κ2) is 7.38. The number of amides is 1. The quantitative estimate of drug-likeness (QED) is 0.918. The van der Waals surface area contributed by atoms with E-state index in [1.807, 2.05) is 30.3 Å². The molecule has 1 saturated heterocycles. The van der Waals surface area contributed by atoms with Crippen molar-refractivity contribution in [3.63, 3.8) is 0 Å². The van der Waals surface area contributed by atoms with Gasteiger partial charge in [-0.1, -0.05) is 24.3 Å². The smallest absolute Gasteiger partial charge is 0.251 e. The molecule has 1 fully saturated rings. The highest BCUT2D eigenvalue weighted by Gasteiger charge is 2.30. The Bertz CT molecular complexity index is 788. The number of ether oxygens (including phenoxy) is 2. The van der Waals surface area contributed by atoms with Crippen LogP contribution < -0.4 is 14.8 Å². The minimum Gasteiger partial charge on any atom is -0.486 e. The summed E-state index contributed by atoms with van der Waals surface area (Å²) in [6.45, 7) is 3.15. The van der Waals surface area contributed by atoms with E-state index < -0.39 is 0 Å². The lowest BCUT2D eigenvalue weighted by Crippen LogP contribution is -2.25. The Morgan fingerprint density at radius 1 is 1.15 bits per heavy atom. The highest BCUT2D eigenvalue weighted by Crippen LogP contribution is 2.43. The summed E-state index contributed by atoms with van der Waals surface area (Å²) in [5, 5.41) is 2.66. The molecule has 2 aliphatic rings. The normalized spacial score (nSPS) is 19.3. The third kappa shape index (κ3) is 3.27. The van der Waals surface area contributed by atoms with Gasteiger partial charge in [-0.25, -0.2) is 0 Å². The summed E-state index contributed by atoms with van der Waals surface area (Å²) < 4.78 is 11.7. The van der Waals surface area contributed by atoms with E-state index in [9.17, 15) is 4.79 Å². The van der Waals surface area contributed by atoms with Crippen molar-refractivity contribution in [3.8, 4) is 11.5 Å². The molecule has 1 atom stereocenters. The van der Waals surface area contributed by atoms with E-state index in [2.05, 4.69) is 22.3 Å². The predicted molar refractivity (Wildman–Crippen MR) is 99.6 cm³/mol. The molecule has 2 heterocycles. The van der Waals surface area contributed by atoms with Crippen LogP contribution in [0.2, 0.25) is 0 Å². The lowest BCUT2D eigenvalue weighted by molar-refractivity contribution is 0.0963. The number of hydrogen-bond acceptors (Lipinski definition) is 4. The van der Waals surface area contributed by atoms with Crippen LogP contribution in [0.15, 0.2) is 42.5 Å². The number of likely N-dealkylation sites (tertiary alicyclic amines) is 1. The van der Waals surface area contributed by atoms with Gasteiger partial charge in [0.2, 0.25) is 0 Å². The standard InChI is InChI=1S/C21H24N2O3/c1-22-21(24)16-9-7-15(8-10-16)14-23-11-3-5-18(23)17-4-2-6-19-20(17)26-13-12-25-19/h2,4,6-10,18H,3,5,11-14H2,1H3,(H,22,24). The van der Waals surface area contributed by atoms with Crippen LogP contribution in [-0.2, 0) is 6.54 Å². The van der Waals surface area contributed by atoms with Gasteiger partial charge in [0.05, 0.1) is 0 Å². The van der Waals surface area contributed by atoms with Crippen molar-refractivity contribution in [2.45, 2.75) is 25.4 Å². The van der Waals surface area contributed by atoms with Gasteiger partial charge in [-0.15, -0.1) is 0 Å². The van der Waals surface area contributed by atoms with Crippen molar-refractivity contribution >= 4 is 5.91 Å². The number of benzene rings is 2. The van der Waals surface area contributed by atoms with E-state index in [1.165, 1.54) is 17.5 Å². The van der Waals surface area contributed by atoms with Gasteiger partial charge >= 0.3 is 0 Å². The molecule has 2 aromatic carbocycles. The average Bonchev–Trinajstić information content (AvgIpc) is 3.15. The van der Waals surface area contributed by atoms with E-state index >= 15 is 0 Å². The van der Waals surface area contributed by atoms with Crippen LogP contribution in [0.25, 0.3) is 0 Å². The number of para-hydroxylation sites is 1. The van der Waals surface area contributed by atoms with Crippen molar-refractivity contribution in [2.24, 2.45) is 0 Å². The molecule has 0 aromatic heterocycles. The van der Waals surface area contributed by atoms with Gasteiger partial charge in [-0.2, -0.15) is 0 Å². The van der Waals surface area contributed by atoms with Crippen LogP contribution in [0.4, 0.5) is 0 Å². The molecule has 0 saturated carbocycles. The van der Waals surface area contributed by atoms with Gasteiger partial charge in [0.1, 0.15) is 13.2 Å². The maximum absolute atomic E-state index is 11.7. The first-order valence-electron chi connectivity index (χ1n) is 9.20. The maximum Gasteiger partial charge on any atom is 0.251 e. The summed E-state index contributed by atoms with van der Waals surface area (Å²) >= 11 is 0. The van der Waals surface area contributed by atoms with Crippen molar-refractivity contribution in [3.05, 3.63) is 59.2 Å². The fraction of sp³-hybridized carbons (Fsp3) is 0.381. The molecule has 4 rings (SSSR count). The lowest BCUT2D eigenvalue weighted by atomic mass is 10.0. The molecule has 2 aromatic rings. The van der Waals surface area contributed by atoms with E-state index in [0.717, 1.165) is 31.0 Å². The molecular formula is C21H24N2O3. The summed E-state index contributed by atoms with van der Waals surface area (Å²) in [5.41, 5.74) is 3.13. The molecule has 5 heteroatoms. The minimum atomic E-state index is -0.0522. The number of carbonyl (C=O) groups is 1. The summed E-state index contributed by atoms with van der Waals surface area (Å²) in [4.78, 5) is 14.2. The molecule has 136 valence electrons. The SMILES string of the molecule is CNC(=O)c1ccc(CN2CCCC2c2cccc3c2OCCO3)cc1. The van der Waals surface area contributed by atoms with E-state index in [-0.39, 0.29) is 5.91 Å². The van der Waals surface area contributed by atoms with Gasteiger partial charge in [-0.3, -0.25) is 9.69 Å². The van der Waals surface area contributed by atoms with Crippen LogP contribution in [0.3, 0.4) is 0 Å². The zero-order valence-electron chi connectivity index (χ0n) is 15.0. The van der Waals surface area contributed by atoms with E-state index in [1.54, 1.807) is 7.05 Å². The van der Waals surface area contributed by atoms with Crippen molar-refractivity contribution in [2.75, 3.05) is 26.8 Å². The molecule has 0 spiro atoms. The van der Waals surface area contributed by atoms with Gasteiger partial charge in [0, 0.05) is 30.8 Å². The summed E-state index contributed by atoms with van der Waals surface area (Å²) in [6, 6.07) is 14.4. The highest BCUT2D eigenvalue weighted by atomic mass is 16.6. The number of nitrogens with one attached hydrogen (secondary N) is 1. The van der Waals surface area contributed by atoms with Crippen LogP contribution in [0.5, 0.6) is 11.5 Å². The average molecular weight is 352 g/mol. The van der Waals surface area contributed by atoms with E-state index in [0.29, 0.717) is 24.8 Å². The van der Waals surface area contributed by atoms with Crippen LogP contribution in [-0.4, -0.2) is 37.6 Å². The second-order valence-corrected chi connectivity index (χ2v) is 6.78. The first kappa shape index (κ1) is 16.9. The first-order valence-corrected chi connectivity index (χ1v) is 9.20. The Hall–Kier alpha value is -2.53. The summed E-state index contributed by atoms with van der Waals surface area (Å²) in [6.07, 6.45) is 2.29. The molecule has 2 aliphatic heterocycles. The Labute approximate surface area is 153 Å². The number of fused-ring (bicyclic) bond motifs is 1. The molecule has 26 heavy (non-hydrogen) atoms. The van der Waals surface area contributed by atoms with Gasteiger partial charge in [0.15, 0.2) is 11.5 Å². The number of hydrogen-bond donors (Lipinski definition) is 1. The largest absolute Gasteiger partial charge is 0.486 e. The van der Waals surface area contributed by atoms with Gasteiger partial charge in [0.25, 0.3) is 5.91 Å². The van der Waals surface area contributed by atoms with Gasteiger partial charge < -0.3 is 14.8 Å². The Kier molecular flexibility index (Phi) is 4.80. The van der Waals surface area contributed by atoms with Gasteiger partial charge in [-0.05, 0) is 43.1 Å². The zero-order valence-corrected chi connectivity index (χ0v) is 15.0. The molecule has 1 unspecified atom stereocenters. The van der Waals surface area contributed by atoms with E-state index in [4.69, 9.17) is 9.47 Å². The second-order valence-electron chi connectivity index (χ2n) is 6.78. The fourth-order valence-electron chi connectivity index (χ4n) is 3.87. The topological polar surface area (TPSA) is 50.8 Å². The number of carbonyl (C=O) groups excluding carboxylic acids is 1. The summed E-state index contributed by atoms with van der Waals surface area (Å²) in [5.74, 6) is 1.71. The summed E-state index contributed by atoms with van der Waals surface area (Å²) in [7, 11) is 1.65. The monoisotopic (exact) mass is 352 g/mol. The van der Waals surface area contributed by atoms with Crippen molar-refractivity contribution in [1.82, 2.24) is 10.2 Å². The molecule has 0 radical (unpaired) electrons. The minimum absolute atomic E-state index is 0.0522. The zero-order chi connectivity index (χ0) is 17.9. The molecule has 0 aliphatic carbocycles.